The van der Waals surface area contributed by atoms with Crippen LogP contribution < -0.4 is 4.90 Å². The van der Waals surface area contributed by atoms with E-state index in [0.717, 1.165) is 27.9 Å². The third-order valence-corrected chi connectivity index (χ3v) is 3.80. The molecule has 100 valence electrons. The van der Waals surface area contributed by atoms with E-state index >= 15 is 0 Å². The van der Waals surface area contributed by atoms with Crippen molar-refractivity contribution in [2.24, 2.45) is 0 Å². The highest BCUT2D eigenvalue weighted by Gasteiger charge is 2.39. The summed E-state index contributed by atoms with van der Waals surface area (Å²) in [4.78, 5) is 6.79. The Morgan fingerprint density at radius 1 is 1.17 bits per heavy atom. The zero-order valence-electron chi connectivity index (χ0n) is 11.1. The Hall–Kier alpha value is -0.130. The molecule has 3 nitrogen and oxygen atoms in total. The van der Waals surface area contributed by atoms with Crippen molar-refractivity contribution in [1.82, 2.24) is 4.98 Å². The number of anilines is 1. The van der Waals surface area contributed by atoms with Crippen molar-refractivity contribution in [1.29, 1.82) is 0 Å². The minimum absolute atomic E-state index is 0.171. The summed E-state index contributed by atoms with van der Waals surface area (Å²) in [6, 6.07) is 2.03. The lowest BCUT2D eigenvalue weighted by Gasteiger charge is -2.47. The summed E-state index contributed by atoms with van der Waals surface area (Å²) in [5.74, 6) is 0.975. The van der Waals surface area contributed by atoms with E-state index in [0.29, 0.717) is 0 Å². The van der Waals surface area contributed by atoms with Crippen molar-refractivity contribution in [2.75, 3.05) is 18.0 Å². The molecule has 1 aliphatic heterocycles. The molecule has 1 fully saturated rings. The van der Waals surface area contributed by atoms with Crippen LogP contribution in [0.15, 0.2) is 21.2 Å². The van der Waals surface area contributed by atoms with E-state index in [2.05, 4.69) is 69.4 Å². The van der Waals surface area contributed by atoms with E-state index in [1.807, 2.05) is 12.3 Å². The summed E-state index contributed by atoms with van der Waals surface area (Å²) in [6.45, 7) is 10.1. The van der Waals surface area contributed by atoms with Gasteiger partial charge in [-0.15, -0.1) is 0 Å². The van der Waals surface area contributed by atoms with E-state index in [1.54, 1.807) is 0 Å². The van der Waals surface area contributed by atoms with Gasteiger partial charge in [-0.25, -0.2) is 4.98 Å². The Morgan fingerprint density at radius 2 is 1.72 bits per heavy atom. The summed E-state index contributed by atoms with van der Waals surface area (Å²) in [7, 11) is 0. The number of halogens is 2. The molecule has 0 radical (unpaired) electrons. The van der Waals surface area contributed by atoms with Gasteiger partial charge in [0.05, 0.1) is 15.7 Å². The highest BCUT2D eigenvalue weighted by molar-refractivity contribution is 9.11. The van der Waals surface area contributed by atoms with E-state index in [1.165, 1.54) is 0 Å². The summed E-state index contributed by atoms with van der Waals surface area (Å²) >= 11 is 7.01. The van der Waals surface area contributed by atoms with Crippen LogP contribution in [0.25, 0.3) is 0 Å². The number of aromatic nitrogens is 1. The molecule has 0 unspecified atom stereocenters. The Balaban J connectivity index is 2.32. The predicted octanol–water partition coefficient (Wildman–Crippen LogP) is 4.00. The molecule has 0 amide bonds. The second-order valence-electron chi connectivity index (χ2n) is 5.94. The maximum atomic E-state index is 6.08. The maximum absolute atomic E-state index is 6.08. The van der Waals surface area contributed by atoms with Gasteiger partial charge < -0.3 is 9.64 Å². The number of morpholine rings is 1. The van der Waals surface area contributed by atoms with Crippen LogP contribution >= 0.6 is 31.9 Å². The first kappa shape index (κ1) is 14.3. The topological polar surface area (TPSA) is 25.4 Å². The molecule has 0 aliphatic carbocycles. The SMILES string of the molecule is CC1(C)CN(c2ncc(Br)cc2Br)CC(C)(C)O1. The molecule has 0 bridgehead atoms. The smallest absolute Gasteiger partial charge is 0.143 e. The fourth-order valence-corrected chi connectivity index (χ4v) is 3.82. The van der Waals surface area contributed by atoms with Crippen LogP contribution in [0.2, 0.25) is 0 Å². The van der Waals surface area contributed by atoms with Crippen molar-refractivity contribution in [3.63, 3.8) is 0 Å². The van der Waals surface area contributed by atoms with Crippen molar-refractivity contribution >= 4 is 37.7 Å². The van der Waals surface area contributed by atoms with Crippen LogP contribution in [0, 0.1) is 0 Å². The molecule has 2 heterocycles. The van der Waals surface area contributed by atoms with Gasteiger partial charge in [0.2, 0.25) is 0 Å². The van der Waals surface area contributed by atoms with Gasteiger partial charge in [-0.2, -0.15) is 0 Å². The Kier molecular flexibility index (Phi) is 3.78. The van der Waals surface area contributed by atoms with Gasteiger partial charge in [-0.3, -0.25) is 0 Å². The molecule has 0 saturated carbocycles. The zero-order valence-corrected chi connectivity index (χ0v) is 14.3. The molecular weight excluding hydrogens is 360 g/mol. The molecule has 0 spiro atoms. The Morgan fingerprint density at radius 3 is 2.22 bits per heavy atom. The lowest BCUT2D eigenvalue weighted by atomic mass is 9.99. The average Bonchev–Trinajstić information content (AvgIpc) is 2.11. The average molecular weight is 378 g/mol. The fourth-order valence-electron chi connectivity index (χ4n) is 2.58. The van der Waals surface area contributed by atoms with Crippen molar-refractivity contribution in [3.05, 3.63) is 21.2 Å². The molecule has 0 aromatic carbocycles. The van der Waals surface area contributed by atoms with Crippen LogP contribution in [-0.2, 0) is 4.74 Å². The molecule has 1 aromatic rings. The molecule has 5 heteroatoms. The van der Waals surface area contributed by atoms with Gasteiger partial charge in [-0.05, 0) is 65.6 Å². The van der Waals surface area contributed by atoms with E-state index < -0.39 is 0 Å². The third-order valence-electron chi connectivity index (χ3n) is 2.78. The van der Waals surface area contributed by atoms with Crippen LogP contribution in [0.5, 0.6) is 0 Å². The van der Waals surface area contributed by atoms with Gasteiger partial charge >= 0.3 is 0 Å². The van der Waals surface area contributed by atoms with Crippen LogP contribution in [0.1, 0.15) is 27.7 Å². The molecular formula is C13H18Br2N2O. The highest BCUT2D eigenvalue weighted by atomic mass is 79.9. The Bertz CT molecular complexity index is 444. The standard InChI is InChI=1S/C13H18Br2N2O/c1-12(2)7-17(8-13(3,4)18-12)11-10(15)5-9(14)6-16-11/h5-6H,7-8H2,1-4H3. The van der Waals surface area contributed by atoms with Crippen molar-refractivity contribution in [2.45, 2.75) is 38.9 Å². The third kappa shape index (κ3) is 3.25. The number of pyridine rings is 1. The minimum Gasteiger partial charge on any atom is -0.366 e. The summed E-state index contributed by atoms with van der Waals surface area (Å²) in [6.07, 6.45) is 1.83. The van der Waals surface area contributed by atoms with Gasteiger partial charge in [0.1, 0.15) is 5.82 Å². The van der Waals surface area contributed by atoms with Gasteiger partial charge in [-0.1, -0.05) is 0 Å². The van der Waals surface area contributed by atoms with E-state index in [9.17, 15) is 0 Å². The minimum atomic E-state index is -0.171. The van der Waals surface area contributed by atoms with E-state index in [4.69, 9.17) is 4.74 Å². The van der Waals surface area contributed by atoms with E-state index in [-0.39, 0.29) is 11.2 Å². The first-order chi connectivity index (χ1) is 8.19. The number of nitrogens with zero attached hydrogens (tertiary/aromatic N) is 2. The normalized spacial score (nSPS) is 22.0. The van der Waals surface area contributed by atoms with Crippen molar-refractivity contribution in [3.8, 4) is 0 Å². The van der Waals surface area contributed by atoms with Crippen LogP contribution in [0.4, 0.5) is 5.82 Å². The maximum Gasteiger partial charge on any atom is 0.143 e. The summed E-state index contributed by atoms with van der Waals surface area (Å²) < 4.78 is 8.06. The second kappa shape index (κ2) is 4.76. The number of hydrogen-bond donors (Lipinski definition) is 0. The zero-order chi connectivity index (χ0) is 13.6. The number of ether oxygens (including phenoxy) is 1. The van der Waals surface area contributed by atoms with Crippen LogP contribution in [0.3, 0.4) is 0 Å². The highest BCUT2D eigenvalue weighted by Crippen LogP contribution is 2.34. The summed E-state index contributed by atoms with van der Waals surface area (Å²) in [5.41, 5.74) is -0.341. The van der Waals surface area contributed by atoms with Gasteiger partial charge in [0, 0.05) is 23.8 Å². The first-order valence-corrected chi connectivity index (χ1v) is 7.53. The molecule has 1 saturated heterocycles. The number of rotatable bonds is 1. The molecule has 1 aromatic heterocycles. The Labute approximate surface area is 125 Å². The molecule has 1 aliphatic rings. The monoisotopic (exact) mass is 376 g/mol. The molecule has 2 rings (SSSR count). The van der Waals surface area contributed by atoms with Gasteiger partial charge in [0.25, 0.3) is 0 Å². The second-order valence-corrected chi connectivity index (χ2v) is 7.71. The largest absolute Gasteiger partial charge is 0.366 e. The summed E-state index contributed by atoms with van der Waals surface area (Å²) in [5, 5.41) is 0. The lowest BCUT2D eigenvalue weighted by molar-refractivity contribution is -0.133. The molecule has 0 N–H and O–H groups in total. The quantitative estimate of drug-likeness (QED) is 0.739. The number of hydrogen-bond acceptors (Lipinski definition) is 3. The molecule has 0 atom stereocenters. The molecule has 18 heavy (non-hydrogen) atoms. The first-order valence-electron chi connectivity index (χ1n) is 5.95. The van der Waals surface area contributed by atoms with Crippen molar-refractivity contribution < 1.29 is 4.74 Å². The fraction of sp³-hybridized carbons (Fsp3) is 0.615. The predicted molar refractivity (Wildman–Crippen MR) is 81.1 cm³/mol. The van der Waals surface area contributed by atoms with Crippen LogP contribution in [-0.4, -0.2) is 29.3 Å². The van der Waals surface area contributed by atoms with Gasteiger partial charge in [0.15, 0.2) is 0 Å². The lowest BCUT2D eigenvalue weighted by Crippen LogP contribution is -2.57.